The topological polar surface area (TPSA) is 81.3 Å². The fourth-order valence-corrected chi connectivity index (χ4v) is 4.30. The molecule has 0 spiro atoms. The molecule has 0 saturated heterocycles. The highest BCUT2D eigenvalue weighted by Gasteiger charge is 2.36. The van der Waals surface area contributed by atoms with Crippen molar-refractivity contribution in [2.45, 2.75) is 33.5 Å². The minimum absolute atomic E-state index is 0.00663. The molecule has 0 saturated carbocycles. The number of esters is 1. The minimum atomic E-state index is -4.90. The summed E-state index contributed by atoms with van der Waals surface area (Å²) in [6, 6.07) is 20.4. The number of carbonyl (C=O) groups is 1. The fraction of sp³-hybridized carbons (Fsp3) is 0.194. The zero-order valence-electron chi connectivity index (χ0n) is 22.0. The van der Waals surface area contributed by atoms with Crippen LogP contribution < -0.4 is 10.3 Å². The van der Waals surface area contributed by atoms with Crippen molar-refractivity contribution in [1.82, 2.24) is 4.57 Å². The van der Waals surface area contributed by atoms with Gasteiger partial charge in [-0.1, -0.05) is 29.8 Å². The van der Waals surface area contributed by atoms with Crippen LogP contribution in [0.3, 0.4) is 0 Å². The predicted molar refractivity (Wildman–Crippen MR) is 143 cm³/mol. The predicted octanol–water partition coefficient (Wildman–Crippen LogP) is 7.04. The molecule has 0 aliphatic heterocycles. The van der Waals surface area contributed by atoms with E-state index < -0.39 is 28.8 Å². The number of nitriles is 1. The van der Waals surface area contributed by atoms with E-state index in [0.29, 0.717) is 22.6 Å². The Labute approximate surface area is 228 Å². The van der Waals surface area contributed by atoms with Crippen molar-refractivity contribution in [1.29, 1.82) is 5.26 Å². The average molecular weight is 547 g/mol. The third kappa shape index (κ3) is 6.07. The first-order valence-electron chi connectivity index (χ1n) is 12.4. The number of aromatic nitrogens is 1. The van der Waals surface area contributed by atoms with Crippen LogP contribution in [0.15, 0.2) is 77.6 Å². The number of carbonyl (C=O) groups excluding carboxylic acids is 1. The zero-order valence-corrected chi connectivity index (χ0v) is 22.0. The first-order chi connectivity index (χ1) is 19.0. The Morgan fingerprint density at radius 2 is 1.70 bits per heavy atom. The molecule has 4 aromatic rings. The second kappa shape index (κ2) is 11.5. The van der Waals surface area contributed by atoms with Crippen LogP contribution in [0.5, 0.6) is 11.5 Å². The van der Waals surface area contributed by atoms with Crippen LogP contribution in [-0.4, -0.2) is 17.1 Å². The van der Waals surface area contributed by atoms with Crippen molar-refractivity contribution < 1.29 is 27.4 Å². The van der Waals surface area contributed by atoms with Gasteiger partial charge < -0.3 is 14.0 Å². The smallest absolute Gasteiger partial charge is 0.417 e. The molecule has 0 aliphatic rings. The van der Waals surface area contributed by atoms with Gasteiger partial charge in [-0.15, -0.1) is 0 Å². The van der Waals surface area contributed by atoms with Gasteiger partial charge in [-0.05, 0) is 86.0 Å². The Balaban J connectivity index is 1.76. The molecule has 6 nitrogen and oxygen atoms in total. The molecule has 4 rings (SSSR count). The highest BCUT2D eigenvalue weighted by Crippen LogP contribution is 2.34. The highest BCUT2D eigenvalue weighted by molar-refractivity contribution is 5.89. The molecule has 1 heterocycles. The van der Waals surface area contributed by atoms with Crippen molar-refractivity contribution in [3.8, 4) is 28.8 Å². The van der Waals surface area contributed by atoms with E-state index >= 15 is 0 Å². The second-order valence-corrected chi connectivity index (χ2v) is 9.12. The summed E-state index contributed by atoms with van der Waals surface area (Å²) in [5.41, 5.74) is -0.0273. The Hall–Kier alpha value is -4.84. The lowest BCUT2D eigenvalue weighted by atomic mass is 10.0. The summed E-state index contributed by atoms with van der Waals surface area (Å²) < 4.78 is 53.6. The lowest BCUT2D eigenvalue weighted by molar-refractivity contribution is -0.137. The summed E-state index contributed by atoms with van der Waals surface area (Å²) in [4.78, 5) is 25.3. The number of hydrogen-bond acceptors (Lipinski definition) is 5. The maximum Gasteiger partial charge on any atom is 0.417 e. The van der Waals surface area contributed by atoms with E-state index in [-0.39, 0.29) is 18.8 Å². The monoisotopic (exact) mass is 546 g/mol. The molecule has 0 unspecified atom stereocenters. The molecule has 0 N–H and O–H groups in total. The van der Waals surface area contributed by atoms with Gasteiger partial charge in [0.05, 0.1) is 30.0 Å². The summed E-state index contributed by atoms with van der Waals surface area (Å²) in [6.45, 7) is 5.67. The third-order valence-electron chi connectivity index (χ3n) is 6.27. The molecule has 0 bridgehead atoms. The maximum absolute atomic E-state index is 13.9. The average Bonchev–Trinajstić information content (AvgIpc) is 2.91. The molecule has 40 heavy (non-hydrogen) atoms. The summed E-state index contributed by atoms with van der Waals surface area (Å²) in [6.07, 6.45) is -4.90. The number of benzene rings is 3. The van der Waals surface area contributed by atoms with Gasteiger partial charge in [0.2, 0.25) is 0 Å². The molecule has 3 aromatic carbocycles. The number of halogens is 3. The van der Waals surface area contributed by atoms with Crippen LogP contribution >= 0.6 is 0 Å². The Bertz CT molecular complexity index is 1670. The number of pyridine rings is 1. The molecular formula is C31H25F3N2O4. The first-order valence-corrected chi connectivity index (χ1v) is 12.4. The van der Waals surface area contributed by atoms with Gasteiger partial charge in [0.1, 0.15) is 23.1 Å². The van der Waals surface area contributed by atoms with Crippen LogP contribution in [0, 0.1) is 25.2 Å². The van der Waals surface area contributed by atoms with E-state index in [2.05, 4.69) is 0 Å². The van der Waals surface area contributed by atoms with E-state index in [1.165, 1.54) is 28.8 Å². The van der Waals surface area contributed by atoms with Gasteiger partial charge in [0.15, 0.2) is 0 Å². The summed E-state index contributed by atoms with van der Waals surface area (Å²) in [5, 5.41) is 9.46. The zero-order chi connectivity index (χ0) is 29.0. The minimum Gasteiger partial charge on any atom is -0.462 e. The molecule has 0 fully saturated rings. The normalized spacial score (nSPS) is 11.1. The van der Waals surface area contributed by atoms with Crippen molar-refractivity contribution in [2.75, 3.05) is 6.61 Å². The van der Waals surface area contributed by atoms with Gasteiger partial charge in [-0.3, -0.25) is 4.79 Å². The number of ether oxygens (including phenoxy) is 2. The Morgan fingerprint density at radius 1 is 0.975 bits per heavy atom. The van der Waals surface area contributed by atoms with E-state index in [4.69, 9.17) is 9.47 Å². The van der Waals surface area contributed by atoms with E-state index in [9.17, 15) is 28.0 Å². The number of alkyl halides is 3. The van der Waals surface area contributed by atoms with Crippen molar-refractivity contribution >= 4 is 5.97 Å². The lowest BCUT2D eigenvalue weighted by Gasteiger charge is -2.19. The van der Waals surface area contributed by atoms with Gasteiger partial charge in [0, 0.05) is 0 Å². The number of rotatable bonds is 7. The van der Waals surface area contributed by atoms with E-state index in [1.54, 1.807) is 37.3 Å². The lowest BCUT2D eigenvalue weighted by Crippen LogP contribution is -2.29. The van der Waals surface area contributed by atoms with Crippen LogP contribution in [0.1, 0.15) is 45.1 Å². The van der Waals surface area contributed by atoms with E-state index in [1.807, 2.05) is 32.0 Å². The van der Waals surface area contributed by atoms with Gasteiger partial charge in [0.25, 0.3) is 5.56 Å². The summed E-state index contributed by atoms with van der Waals surface area (Å²) in [7, 11) is 0. The first kappa shape index (κ1) is 28.2. The molecule has 0 aliphatic carbocycles. The van der Waals surface area contributed by atoms with Gasteiger partial charge in [-0.25, -0.2) is 4.79 Å². The van der Waals surface area contributed by atoms with Crippen LogP contribution in [0.25, 0.3) is 11.3 Å². The molecule has 1 aromatic heterocycles. The van der Waals surface area contributed by atoms with Crippen molar-refractivity contribution in [2.24, 2.45) is 0 Å². The van der Waals surface area contributed by atoms with Gasteiger partial charge >= 0.3 is 12.1 Å². The van der Waals surface area contributed by atoms with Crippen LogP contribution in [0.4, 0.5) is 13.2 Å². The highest BCUT2D eigenvalue weighted by atomic mass is 19.4. The molecule has 0 radical (unpaired) electrons. The van der Waals surface area contributed by atoms with E-state index in [0.717, 1.165) is 22.8 Å². The number of hydrogen-bond donors (Lipinski definition) is 0. The molecular weight excluding hydrogens is 521 g/mol. The number of nitrogens with zero attached hydrogens (tertiary/aromatic N) is 2. The van der Waals surface area contributed by atoms with Crippen molar-refractivity contribution in [3.05, 3.63) is 117 Å². The molecule has 0 atom stereocenters. The largest absolute Gasteiger partial charge is 0.462 e. The van der Waals surface area contributed by atoms with Gasteiger partial charge in [-0.2, -0.15) is 18.4 Å². The Morgan fingerprint density at radius 3 is 2.33 bits per heavy atom. The van der Waals surface area contributed by atoms with Crippen LogP contribution in [-0.2, 0) is 17.5 Å². The molecule has 9 heteroatoms. The van der Waals surface area contributed by atoms with Crippen LogP contribution in [0.2, 0.25) is 0 Å². The molecule has 0 amide bonds. The fourth-order valence-electron chi connectivity index (χ4n) is 4.30. The third-order valence-corrected chi connectivity index (χ3v) is 6.27. The summed E-state index contributed by atoms with van der Waals surface area (Å²) in [5.74, 6) is 0.229. The SMILES string of the molecule is CCOC(=O)c1cccc(Oc2ccc(-c3cc(C(F)(F)F)c(C#N)c(=O)n3Cc3ccc(C)cc3C)cc2)c1. The summed E-state index contributed by atoms with van der Waals surface area (Å²) >= 11 is 0. The molecule has 204 valence electrons. The number of aryl methyl sites for hydroxylation is 2. The maximum atomic E-state index is 13.9. The Kier molecular flexibility index (Phi) is 8.10. The second-order valence-electron chi connectivity index (χ2n) is 9.12. The quantitative estimate of drug-likeness (QED) is 0.232. The standard InChI is InChI=1S/C31H25F3N2O4/c1-4-39-30(38)22-6-5-7-25(15-22)40-24-12-10-21(11-13-24)28-16-27(31(32,33)34)26(17-35)29(37)36(28)18-23-9-8-19(2)14-20(23)3/h5-16H,4,18H2,1-3H3. The van der Waals surface area contributed by atoms with Crippen molar-refractivity contribution in [3.63, 3.8) is 0 Å².